The minimum Gasteiger partial charge on any atom is -0.383 e. The number of carbonyl (C=O) groups is 2. The Bertz CT molecular complexity index is 864. The Morgan fingerprint density at radius 1 is 1.09 bits per heavy atom. The number of Topliss-reactive ketones (excluding diaryl/α,β-unsaturated/α-hetero) is 1. The van der Waals surface area contributed by atoms with E-state index in [0.29, 0.717) is 24.4 Å². The number of methoxy groups -OCH3 is 1. The van der Waals surface area contributed by atoms with Crippen LogP contribution in [-0.2, 0) is 11.2 Å². The Hall–Kier alpha value is -2.70. The summed E-state index contributed by atoms with van der Waals surface area (Å²) >= 11 is 0. The monoisotopic (exact) mass is 437 g/mol. The quantitative estimate of drug-likeness (QED) is 0.557. The molecule has 2 aromatic carbocycles. The van der Waals surface area contributed by atoms with Gasteiger partial charge >= 0.3 is 6.03 Å². The first-order valence-electron chi connectivity index (χ1n) is 11.5. The number of benzene rings is 2. The van der Waals surface area contributed by atoms with Crippen molar-refractivity contribution >= 4 is 17.5 Å². The van der Waals surface area contributed by atoms with E-state index >= 15 is 0 Å². The smallest absolute Gasteiger partial charge is 0.322 e. The molecule has 1 heterocycles. The number of hydrogen-bond donors (Lipinski definition) is 1. The first-order valence-corrected chi connectivity index (χ1v) is 11.5. The minimum atomic E-state index is -0.134. The van der Waals surface area contributed by atoms with Crippen molar-refractivity contribution in [3.05, 3.63) is 65.7 Å². The number of rotatable bonds is 10. The lowest BCUT2D eigenvalue weighted by atomic mass is 10.0. The lowest BCUT2D eigenvalue weighted by Gasteiger charge is -2.38. The van der Waals surface area contributed by atoms with Crippen molar-refractivity contribution in [1.29, 1.82) is 0 Å². The maximum absolute atomic E-state index is 13.1. The van der Waals surface area contributed by atoms with Crippen LogP contribution in [0.25, 0.3) is 0 Å². The zero-order valence-electron chi connectivity index (χ0n) is 19.3. The number of amides is 2. The number of piperidine rings is 1. The number of ketones is 1. The zero-order valence-corrected chi connectivity index (χ0v) is 19.3. The molecule has 0 atom stereocenters. The first kappa shape index (κ1) is 24.0. The molecule has 0 aromatic heterocycles. The highest BCUT2D eigenvalue weighted by molar-refractivity contribution is 5.96. The molecule has 2 amide bonds. The molecule has 172 valence electrons. The van der Waals surface area contributed by atoms with Crippen LogP contribution in [0, 0.1) is 0 Å². The number of likely N-dealkylation sites (tertiary alicyclic amines) is 1. The van der Waals surface area contributed by atoms with Crippen molar-refractivity contribution in [3.8, 4) is 0 Å². The van der Waals surface area contributed by atoms with Crippen LogP contribution in [0.2, 0.25) is 0 Å². The number of aryl methyl sites for hydroxylation is 1. The van der Waals surface area contributed by atoms with Crippen LogP contribution in [-0.4, -0.2) is 67.6 Å². The molecule has 6 heteroatoms. The van der Waals surface area contributed by atoms with E-state index < -0.39 is 0 Å². The van der Waals surface area contributed by atoms with Gasteiger partial charge in [0.2, 0.25) is 0 Å². The summed E-state index contributed by atoms with van der Waals surface area (Å²) in [5.74, 6) is -0.0167. The highest BCUT2D eigenvalue weighted by atomic mass is 16.5. The summed E-state index contributed by atoms with van der Waals surface area (Å²) in [5.41, 5.74) is 2.62. The van der Waals surface area contributed by atoms with Crippen molar-refractivity contribution < 1.29 is 14.3 Å². The van der Waals surface area contributed by atoms with Gasteiger partial charge in [-0.25, -0.2) is 4.79 Å². The summed E-state index contributed by atoms with van der Waals surface area (Å²) in [5, 5.41) is 2.97. The molecule has 1 aliphatic heterocycles. The van der Waals surface area contributed by atoms with E-state index in [1.165, 1.54) is 12.5 Å². The van der Waals surface area contributed by atoms with E-state index in [-0.39, 0.29) is 17.9 Å². The molecule has 1 N–H and O–H groups in total. The summed E-state index contributed by atoms with van der Waals surface area (Å²) in [7, 11) is 1.65. The topological polar surface area (TPSA) is 61.9 Å². The Kier molecular flexibility index (Phi) is 9.26. The Morgan fingerprint density at radius 3 is 2.53 bits per heavy atom. The fourth-order valence-electron chi connectivity index (χ4n) is 4.26. The molecule has 3 rings (SSSR count). The number of carbonyl (C=O) groups excluding carboxylic acids is 2. The van der Waals surface area contributed by atoms with Gasteiger partial charge in [0.05, 0.1) is 6.61 Å². The van der Waals surface area contributed by atoms with Gasteiger partial charge in [0.25, 0.3) is 0 Å². The molecular formula is C26H35N3O3. The maximum atomic E-state index is 13.1. The number of urea groups is 1. The summed E-state index contributed by atoms with van der Waals surface area (Å²) in [6.45, 7) is 5.65. The van der Waals surface area contributed by atoms with Gasteiger partial charge < -0.3 is 19.9 Å². The second-order valence-corrected chi connectivity index (χ2v) is 8.42. The van der Waals surface area contributed by atoms with Crippen LogP contribution in [0.3, 0.4) is 0 Å². The molecule has 0 unspecified atom stereocenters. The molecule has 0 radical (unpaired) electrons. The molecule has 1 aliphatic rings. The molecule has 1 fully saturated rings. The number of ether oxygens (including phenoxy) is 1. The second kappa shape index (κ2) is 12.4. The fourth-order valence-corrected chi connectivity index (χ4v) is 4.26. The third kappa shape index (κ3) is 7.18. The molecular weight excluding hydrogens is 402 g/mol. The average Bonchev–Trinajstić information content (AvgIpc) is 2.81. The first-order chi connectivity index (χ1) is 15.6. The molecule has 0 aliphatic carbocycles. The van der Waals surface area contributed by atoms with Gasteiger partial charge in [-0.15, -0.1) is 0 Å². The zero-order chi connectivity index (χ0) is 22.8. The molecule has 32 heavy (non-hydrogen) atoms. The number of hydrogen-bond acceptors (Lipinski definition) is 4. The van der Waals surface area contributed by atoms with E-state index in [0.717, 1.165) is 45.3 Å². The Balaban J connectivity index is 1.51. The largest absolute Gasteiger partial charge is 0.383 e. The van der Waals surface area contributed by atoms with Crippen LogP contribution >= 0.6 is 0 Å². The van der Waals surface area contributed by atoms with Gasteiger partial charge in [0.1, 0.15) is 0 Å². The molecule has 0 spiro atoms. The number of nitrogens with zero attached hydrogens (tertiary/aromatic N) is 2. The third-order valence-electron chi connectivity index (χ3n) is 6.10. The highest BCUT2D eigenvalue weighted by Crippen LogP contribution is 2.19. The normalized spacial score (nSPS) is 14.8. The van der Waals surface area contributed by atoms with Crippen LogP contribution in [0.1, 0.15) is 42.1 Å². The molecule has 0 bridgehead atoms. The number of nitrogens with one attached hydrogen (secondary N) is 1. The van der Waals surface area contributed by atoms with Crippen LogP contribution in [0.4, 0.5) is 10.5 Å². The van der Waals surface area contributed by atoms with E-state index in [2.05, 4.69) is 40.5 Å². The second-order valence-electron chi connectivity index (χ2n) is 8.42. The molecule has 6 nitrogen and oxygen atoms in total. The lowest BCUT2D eigenvalue weighted by molar-refractivity contribution is 0.100. The number of anilines is 1. The highest BCUT2D eigenvalue weighted by Gasteiger charge is 2.27. The van der Waals surface area contributed by atoms with Gasteiger partial charge in [-0.1, -0.05) is 42.5 Å². The minimum absolute atomic E-state index is 0.0167. The van der Waals surface area contributed by atoms with Gasteiger partial charge in [0.15, 0.2) is 5.78 Å². The maximum Gasteiger partial charge on any atom is 0.322 e. The van der Waals surface area contributed by atoms with Crippen molar-refractivity contribution in [3.63, 3.8) is 0 Å². The van der Waals surface area contributed by atoms with Gasteiger partial charge in [-0.05, 0) is 56.8 Å². The lowest BCUT2D eigenvalue weighted by Crippen LogP contribution is -2.50. The van der Waals surface area contributed by atoms with Crippen LogP contribution in [0.15, 0.2) is 54.6 Å². The summed E-state index contributed by atoms with van der Waals surface area (Å²) < 4.78 is 5.25. The fraction of sp³-hybridized carbons (Fsp3) is 0.462. The standard InChI is InChI=1S/C26H35N3O3/c1-21(30)23-11-6-12-24(20-23)27-26(31)29(18-19-32-2)25-13-16-28(17-14-25)15-7-10-22-8-4-3-5-9-22/h3-6,8-9,11-12,20,25H,7,10,13-19H2,1-2H3,(H,27,31). The van der Waals surface area contributed by atoms with Crippen molar-refractivity contribution in [1.82, 2.24) is 9.80 Å². The molecule has 2 aromatic rings. The summed E-state index contributed by atoms with van der Waals surface area (Å²) in [6, 6.07) is 17.8. The van der Waals surface area contributed by atoms with Gasteiger partial charge in [-0.2, -0.15) is 0 Å². The average molecular weight is 438 g/mol. The van der Waals surface area contributed by atoms with Crippen molar-refractivity contribution in [2.45, 2.75) is 38.6 Å². The molecule has 1 saturated heterocycles. The third-order valence-corrected chi connectivity index (χ3v) is 6.10. The molecule has 0 saturated carbocycles. The van der Waals surface area contributed by atoms with Crippen LogP contribution < -0.4 is 5.32 Å². The van der Waals surface area contributed by atoms with E-state index in [1.54, 1.807) is 25.3 Å². The van der Waals surface area contributed by atoms with Gasteiger partial charge in [0, 0.05) is 44.0 Å². The van der Waals surface area contributed by atoms with E-state index in [1.807, 2.05) is 11.0 Å². The van der Waals surface area contributed by atoms with Gasteiger partial charge in [-0.3, -0.25) is 4.79 Å². The summed E-state index contributed by atoms with van der Waals surface area (Å²) in [4.78, 5) is 29.1. The van der Waals surface area contributed by atoms with Crippen LogP contribution in [0.5, 0.6) is 0 Å². The Morgan fingerprint density at radius 2 is 1.84 bits per heavy atom. The van der Waals surface area contributed by atoms with Crippen molar-refractivity contribution in [2.24, 2.45) is 0 Å². The predicted octanol–water partition coefficient (Wildman–Crippen LogP) is 4.47. The van der Waals surface area contributed by atoms with E-state index in [4.69, 9.17) is 4.74 Å². The van der Waals surface area contributed by atoms with Crippen molar-refractivity contribution in [2.75, 3.05) is 45.2 Å². The SMILES string of the molecule is COCCN(C(=O)Nc1cccc(C(C)=O)c1)C1CCN(CCCc2ccccc2)CC1. The van der Waals surface area contributed by atoms with E-state index in [9.17, 15) is 9.59 Å². The predicted molar refractivity (Wildman–Crippen MR) is 128 cm³/mol. The summed E-state index contributed by atoms with van der Waals surface area (Å²) in [6.07, 6.45) is 4.16. The Labute approximate surface area is 191 Å².